The Hall–Kier alpha value is -1.94. The molecule has 4 heteroatoms. The van der Waals surface area contributed by atoms with Gasteiger partial charge in [-0.3, -0.25) is 14.9 Å². The molecule has 0 radical (unpaired) electrons. The molecule has 4 nitrogen and oxygen atoms in total. The fourth-order valence-corrected chi connectivity index (χ4v) is 2.76. The molecular formula is C17H21N3O. The first-order valence-electron chi connectivity index (χ1n) is 7.58. The van der Waals surface area contributed by atoms with Crippen LogP contribution in [0.4, 0.5) is 0 Å². The lowest BCUT2D eigenvalue weighted by Crippen LogP contribution is -2.26. The summed E-state index contributed by atoms with van der Waals surface area (Å²) in [5.41, 5.74) is 1.37. The minimum atomic E-state index is 0.313. The van der Waals surface area contributed by atoms with Crippen molar-refractivity contribution < 1.29 is 4.74 Å². The van der Waals surface area contributed by atoms with Gasteiger partial charge >= 0.3 is 0 Å². The Morgan fingerprint density at radius 1 is 1.05 bits per heavy atom. The molecule has 0 N–H and O–H groups in total. The summed E-state index contributed by atoms with van der Waals surface area (Å²) >= 11 is 0. The molecule has 2 aromatic rings. The first-order valence-corrected chi connectivity index (χ1v) is 7.58. The number of likely N-dealkylation sites (tertiary alicyclic amines) is 1. The van der Waals surface area contributed by atoms with Crippen molar-refractivity contribution in [2.45, 2.75) is 25.4 Å². The van der Waals surface area contributed by atoms with Crippen molar-refractivity contribution in [2.75, 3.05) is 19.6 Å². The molecule has 110 valence electrons. The van der Waals surface area contributed by atoms with Crippen LogP contribution in [0.25, 0.3) is 0 Å². The molecule has 0 aromatic carbocycles. The number of pyridine rings is 2. The third kappa shape index (κ3) is 4.26. The van der Waals surface area contributed by atoms with E-state index in [1.165, 1.54) is 12.0 Å². The van der Waals surface area contributed by atoms with E-state index in [0.717, 1.165) is 38.2 Å². The third-order valence-electron chi connectivity index (χ3n) is 3.87. The van der Waals surface area contributed by atoms with Gasteiger partial charge in [0.15, 0.2) is 0 Å². The van der Waals surface area contributed by atoms with Crippen LogP contribution >= 0.6 is 0 Å². The zero-order valence-corrected chi connectivity index (χ0v) is 12.2. The lowest BCUT2D eigenvalue weighted by atomic mass is 10.1. The van der Waals surface area contributed by atoms with Crippen LogP contribution in [0.2, 0.25) is 0 Å². The second-order valence-corrected chi connectivity index (χ2v) is 5.47. The summed E-state index contributed by atoms with van der Waals surface area (Å²) in [7, 11) is 0. The normalized spacial score (nSPS) is 18.8. The largest absolute Gasteiger partial charge is 0.489 e. The van der Waals surface area contributed by atoms with E-state index in [4.69, 9.17) is 4.74 Å². The van der Waals surface area contributed by atoms with Crippen LogP contribution in [-0.4, -0.2) is 40.6 Å². The average molecular weight is 283 g/mol. The van der Waals surface area contributed by atoms with E-state index in [1.807, 2.05) is 24.5 Å². The van der Waals surface area contributed by atoms with Gasteiger partial charge in [0.2, 0.25) is 0 Å². The minimum Gasteiger partial charge on any atom is -0.489 e. The summed E-state index contributed by atoms with van der Waals surface area (Å²) in [6.45, 7) is 3.29. The molecule has 0 aliphatic carbocycles. The van der Waals surface area contributed by atoms with Crippen LogP contribution in [0.5, 0.6) is 5.75 Å². The number of hydrogen-bond donors (Lipinski definition) is 0. The molecule has 2 aromatic heterocycles. The van der Waals surface area contributed by atoms with E-state index >= 15 is 0 Å². The Balaban J connectivity index is 1.39. The van der Waals surface area contributed by atoms with Gasteiger partial charge in [0.1, 0.15) is 11.9 Å². The standard InChI is InChI=1S/C17H21N3O/c1(2-15-3-8-18-9-4-15)12-20-13-7-17(14-20)21-16-5-10-19-11-6-16/h3-6,8-11,17H,1-2,7,12-14H2/t17-/m0/s1. The van der Waals surface area contributed by atoms with E-state index in [0.29, 0.717) is 6.10 Å². The van der Waals surface area contributed by atoms with Crippen molar-refractivity contribution in [3.63, 3.8) is 0 Å². The van der Waals surface area contributed by atoms with Crippen LogP contribution in [0.15, 0.2) is 49.1 Å². The second kappa shape index (κ2) is 7.18. The molecule has 0 unspecified atom stereocenters. The number of nitrogens with zero attached hydrogens (tertiary/aromatic N) is 3. The molecule has 0 amide bonds. The molecule has 1 fully saturated rings. The number of aryl methyl sites for hydroxylation is 1. The Kier molecular flexibility index (Phi) is 4.79. The van der Waals surface area contributed by atoms with Crippen LogP contribution in [0.3, 0.4) is 0 Å². The predicted octanol–water partition coefficient (Wildman–Crippen LogP) is 2.56. The lowest BCUT2D eigenvalue weighted by molar-refractivity contribution is 0.199. The SMILES string of the molecule is c1cc(CCCN2CC[C@H](Oc3ccncc3)C2)ccn1. The molecule has 1 atom stereocenters. The summed E-state index contributed by atoms with van der Waals surface area (Å²) in [4.78, 5) is 10.6. The summed E-state index contributed by atoms with van der Waals surface area (Å²) in [5.74, 6) is 0.925. The highest BCUT2D eigenvalue weighted by molar-refractivity contribution is 5.17. The number of aromatic nitrogens is 2. The van der Waals surface area contributed by atoms with Gasteiger partial charge in [0.25, 0.3) is 0 Å². The van der Waals surface area contributed by atoms with Gasteiger partial charge in [-0.25, -0.2) is 0 Å². The highest BCUT2D eigenvalue weighted by Gasteiger charge is 2.23. The zero-order chi connectivity index (χ0) is 14.3. The molecule has 1 aliphatic heterocycles. The van der Waals surface area contributed by atoms with Crippen molar-refractivity contribution in [1.82, 2.24) is 14.9 Å². The molecule has 21 heavy (non-hydrogen) atoms. The molecular weight excluding hydrogens is 262 g/mol. The van der Waals surface area contributed by atoms with E-state index in [-0.39, 0.29) is 0 Å². The van der Waals surface area contributed by atoms with Gasteiger partial charge in [0, 0.05) is 37.9 Å². The Bertz CT molecular complexity index is 532. The van der Waals surface area contributed by atoms with E-state index < -0.39 is 0 Å². The Morgan fingerprint density at radius 2 is 1.76 bits per heavy atom. The summed E-state index contributed by atoms with van der Waals surface area (Å²) < 4.78 is 5.98. The minimum absolute atomic E-state index is 0.313. The van der Waals surface area contributed by atoms with E-state index in [2.05, 4.69) is 27.0 Å². The van der Waals surface area contributed by atoms with Crippen molar-refractivity contribution in [3.05, 3.63) is 54.6 Å². The molecule has 3 heterocycles. The average Bonchev–Trinajstić information content (AvgIpc) is 2.97. The fourth-order valence-electron chi connectivity index (χ4n) is 2.76. The highest BCUT2D eigenvalue weighted by atomic mass is 16.5. The molecule has 0 spiro atoms. The third-order valence-corrected chi connectivity index (χ3v) is 3.87. The fraction of sp³-hybridized carbons (Fsp3) is 0.412. The van der Waals surface area contributed by atoms with Crippen LogP contribution in [0.1, 0.15) is 18.4 Å². The topological polar surface area (TPSA) is 38.2 Å². The van der Waals surface area contributed by atoms with E-state index in [1.54, 1.807) is 12.4 Å². The number of hydrogen-bond acceptors (Lipinski definition) is 4. The molecule has 0 saturated carbocycles. The summed E-state index contributed by atoms with van der Waals surface area (Å²) in [6.07, 6.45) is 11.0. The van der Waals surface area contributed by atoms with Crippen LogP contribution in [-0.2, 0) is 6.42 Å². The van der Waals surface area contributed by atoms with Gasteiger partial charge in [-0.1, -0.05) is 0 Å². The van der Waals surface area contributed by atoms with E-state index in [9.17, 15) is 0 Å². The summed E-state index contributed by atoms with van der Waals surface area (Å²) in [6, 6.07) is 8.04. The maximum atomic E-state index is 5.98. The predicted molar refractivity (Wildman–Crippen MR) is 82.3 cm³/mol. The van der Waals surface area contributed by atoms with Gasteiger partial charge < -0.3 is 4.74 Å². The first-order chi connectivity index (χ1) is 10.4. The lowest BCUT2D eigenvalue weighted by Gasteiger charge is -2.16. The number of rotatable bonds is 6. The van der Waals surface area contributed by atoms with Gasteiger partial charge in [-0.15, -0.1) is 0 Å². The second-order valence-electron chi connectivity index (χ2n) is 5.47. The maximum absolute atomic E-state index is 5.98. The quantitative estimate of drug-likeness (QED) is 0.816. The van der Waals surface area contributed by atoms with Crippen molar-refractivity contribution in [1.29, 1.82) is 0 Å². The van der Waals surface area contributed by atoms with Gasteiger partial charge in [-0.05, 0) is 55.6 Å². The van der Waals surface area contributed by atoms with Crippen molar-refractivity contribution in [2.24, 2.45) is 0 Å². The molecule has 0 bridgehead atoms. The first kappa shape index (κ1) is 14.0. The highest BCUT2D eigenvalue weighted by Crippen LogP contribution is 2.17. The molecule has 1 aliphatic rings. The number of ether oxygens (including phenoxy) is 1. The zero-order valence-electron chi connectivity index (χ0n) is 12.2. The smallest absolute Gasteiger partial charge is 0.122 e. The van der Waals surface area contributed by atoms with Crippen molar-refractivity contribution in [3.8, 4) is 5.75 Å². The summed E-state index contributed by atoms with van der Waals surface area (Å²) in [5, 5.41) is 0. The Morgan fingerprint density at radius 3 is 2.52 bits per heavy atom. The Labute approximate surface area is 125 Å². The monoisotopic (exact) mass is 283 g/mol. The van der Waals surface area contributed by atoms with Gasteiger partial charge in [-0.2, -0.15) is 0 Å². The van der Waals surface area contributed by atoms with Gasteiger partial charge in [0.05, 0.1) is 0 Å². The van der Waals surface area contributed by atoms with Crippen LogP contribution < -0.4 is 4.74 Å². The van der Waals surface area contributed by atoms with Crippen LogP contribution in [0, 0.1) is 0 Å². The van der Waals surface area contributed by atoms with Crippen molar-refractivity contribution >= 4 is 0 Å². The maximum Gasteiger partial charge on any atom is 0.122 e. The molecule has 3 rings (SSSR count). The molecule has 1 saturated heterocycles.